The maximum Gasteiger partial charge on any atom is 0.339 e. The fourth-order valence-electron chi connectivity index (χ4n) is 2.27. The SMILES string of the molecule is COC(=O)c1ccccc1NC(=O)COc1cccc(C(C)(C)C)c1. The van der Waals surface area contributed by atoms with Crippen molar-refractivity contribution in [1.82, 2.24) is 0 Å². The maximum atomic E-state index is 12.1. The highest BCUT2D eigenvalue weighted by Gasteiger charge is 2.15. The zero-order chi connectivity index (χ0) is 18.4. The van der Waals surface area contributed by atoms with Gasteiger partial charge in [0.1, 0.15) is 5.75 Å². The fourth-order valence-corrected chi connectivity index (χ4v) is 2.27. The van der Waals surface area contributed by atoms with Crippen LogP contribution in [0.3, 0.4) is 0 Å². The number of carbonyl (C=O) groups excluding carboxylic acids is 2. The topological polar surface area (TPSA) is 64.6 Å². The first kappa shape index (κ1) is 18.5. The first-order chi connectivity index (χ1) is 11.8. The van der Waals surface area contributed by atoms with Gasteiger partial charge in [-0.3, -0.25) is 4.79 Å². The molecule has 2 aromatic carbocycles. The number of hydrogen-bond donors (Lipinski definition) is 1. The van der Waals surface area contributed by atoms with Crippen molar-refractivity contribution in [2.24, 2.45) is 0 Å². The molecular weight excluding hydrogens is 318 g/mol. The number of para-hydroxylation sites is 1. The van der Waals surface area contributed by atoms with Gasteiger partial charge in [0.25, 0.3) is 5.91 Å². The predicted molar refractivity (Wildman–Crippen MR) is 97.0 cm³/mol. The number of amides is 1. The average molecular weight is 341 g/mol. The lowest BCUT2D eigenvalue weighted by atomic mass is 9.87. The molecule has 5 nitrogen and oxygen atoms in total. The van der Waals surface area contributed by atoms with Crippen LogP contribution >= 0.6 is 0 Å². The Morgan fingerprint density at radius 3 is 2.44 bits per heavy atom. The molecule has 0 saturated carbocycles. The molecule has 0 saturated heterocycles. The van der Waals surface area contributed by atoms with Gasteiger partial charge >= 0.3 is 5.97 Å². The van der Waals surface area contributed by atoms with E-state index in [2.05, 4.69) is 26.1 Å². The summed E-state index contributed by atoms with van der Waals surface area (Å²) in [5.41, 5.74) is 1.82. The number of ether oxygens (including phenoxy) is 2. The van der Waals surface area contributed by atoms with Gasteiger partial charge in [-0.05, 0) is 35.2 Å². The molecule has 2 aromatic rings. The van der Waals surface area contributed by atoms with Gasteiger partial charge in [-0.2, -0.15) is 0 Å². The second-order valence-electron chi connectivity index (χ2n) is 6.65. The summed E-state index contributed by atoms with van der Waals surface area (Å²) < 4.78 is 10.3. The second kappa shape index (κ2) is 7.83. The Labute approximate surface area is 148 Å². The standard InChI is InChI=1S/C20H23NO4/c1-20(2,3)14-8-7-9-15(12-14)25-13-18(22)21-17-11-6-5-10-16(17)19(23)24-4/h5-12H,13H2,1-4H3,(H,21,22). The largest absolute Gasteiger partial charge is 0.484 e. The average Bonchev–Trinajstić information content (AvgIpc) is 2.59. The molecule has 0 aliphatic heterocycles. The van der Waals surface area contributed by atoms with Crippen LogP contribution in [0, 0.1) is 0 Å². The quantitative estimate of drug-likeness (QED) is 0.841. The summed E-state index contributed by atoms with van der Waals surface area (Å²) in [4.78, 5) is 23.9. The third-order valence-corrected chi connectivity index (χ3v) is 3.68. The number of hydrogen-bond acceptors (Lipinski definition) is 4. The van der Waals surface area contributed by atoms with E-state index in [1.807, 2.05) is 24.3 Å². The van der Waals surface area contributed by atoms with Gasteiger partial charge in [-0.15, -0.1) is 0 Å². The molecule has 0 unspecified atom stereocenters. The minimum Gasteiger partial charge on any atom is -0.484 e. The van der Waals surface area contributed by atoms with Crippen molar-refractivity contribution in [3.63, 3.8) is 0 Å². The van der Waals surface area contributed by atoms with Crippen LogP contribution in [0.25, 0.3) is 0 Å². The van der Waals surface area contributed by atoms with Gasteiger partial charge in [0.15, 0.2) is 6.61 Å². The molecule has 0 aromatic heterocycles. The molecule has 0 bridgehead atoms. The van der Waals surface area contributed by atoms with E-state index in [0.717, 1.165) is 5.56 Å². The first-order valence-electron chi connectivity index (χ1n) is 8.02. The van der Waals surface area contributed by atoms with Crippen LogP contribution in [0.4, 0.5) is 5.69 Å². The van der Waals surface area contributed by atoms with E-state index in [9.17, 15) is 9.59 Å². The van der Waals surface area contributed by atoms with E-state index in [4.69, 9.17) is 9.47 Å². The summed E-state index contributed by atoms with van der Waals surface area (Å²) in [6.07, 6.45) is 0. The highest BCUT2D eigenvalue weighted by Crippen LogP contribution is 2.25. The lowest BCUT2D eigenvalue weighted by molar-refractivity contribution is -0.118. The zero-order valence-corrected chi connectivity index (χ0v) is 15.0. The van der Waals surface area contributed by atoms with Crippen LogP contribution in [0.1, 0.15) is 36.7 Å². The summed E-state index contributed by atoms with van der Waals surface area (Å²) in [5, 5.41) is 2.68. The number of carbonyl (C=O) groups is 2. The third kappa shape index (κ3) is 5.08. The maximum absolute atomic E-state index is 12.1. The number of anilines is 1. The van der Waals surface area contributed by atoms with Gasteiger partial charge in [0, 0.05) is 0 Å². The van der Waals surface area contributed by atoms with Crippen molar-refractivity contribution in [2.75, 3.05) is 19.0 Å². The van der Waals surface area contributed by atoms with Crippen molar-refractivity contribution in [2.45, 2.75) is 26.2 Å². The third-order valence-electron chi connectivity index (χ3n) is 3.68. The normalized spacial score (nSPS) is 10.9. The van der Waals surface area contributed by atoms with Crippen molar-refractivity contribution >= 4 is 17.6 Å². The highest BCUT2D eigenvalue weighted by atomic mass is 16.5. The Balaban J connectivity index is 2.02. The Morgan fingerprint density at radius 2 is 1.76 bits per heavy atom. The summed E-state index contributed by atoms with van der Waals surface area (Å²) in [6.45, 7) is 6.19. The lowest BCUT2D eigenvalue weighted by Crippen LogP contribution is -2.22. The Morgan fingerprint density at radius 1 is 1.04 bits per heavy atom. The van der Waals surface area contributed by atoms with Crippen molar-refractivity contribution in [3.05, 3.63) is 59.7 Å². The van der Waals surface area contributed by atoms with Crippen LogP contribution < -0.4 is 10.1 Å². The van der Waals surface area contributed by atoms with E-state index in [1.165, 1.54) is 7.11 Å². The molecule has 2 rings (SSSR count). The molecular formula is C20H23NO4. The zero-order valence-electron chi connectivity index (χ0n) is 15.0. The van der Waals surface area contributed by atoms with Crippen LogP contribution in [-0.2, 0) is 14.9 Å². The van der Waals surface area contributed by atoms with Gasteiger partial charge < -0.3 is 14.8 Å². The molecule has 5 heteroatoms. The van der Waals surface area contributed by atoms with Crippen molar-refractivity contribution in [1.29, 1.82) is 0 Å². The Kier molecular flexibility index (Phi) is 5.80. The minimum atomic E-state index is -0.505. The van der Waals surface area contributed by atoms with Crippen LogP contribution in [0.15, 0.2) is 48.5 Å². The van der Waals surface area contributed by atoms with Gasteiger partial charge in [-0.1, -0.05) is 45.0 Å². The highest BCUT2D eigenvalue weighted by molar-refractivity contribution is 6.01. The number of rotatable bonds is 5. The summed E-state index contributed by atoms with van der Waals surface area (Å²) in [7, 11) is 1.30. The Bertz CT molecular complexity index is 762. The summed E-state index contributed by atoms with van der Waals surface area (Å²) in [6, 6.07) is 14.3. The van der Waals surface area contributed by atoms with E-state index >= 15 is 0 Å². The van der Waals surface area contributed by atoms with Gasteiger partial charge in [0.2, 0.25) is 0 Å². The van der Waals surface area contributed by atoms with E-state index in [0.29, 0.717) is 17.0 Å². The molecule has 0 aliphatic carbocycles. The van der Waals surface area contributed by atoms with Crippen LogP contribution in [-0.4, -0.2) is 25.6 Å². The van der Waals surface area contributed by atoms with Crippen LogP contribution in [0.5, 0.6) is 5.75 Å². The van der Waals surface area contributed by atoms with Crippen molar-refractivity contribution < 1.29 is 19.1 Å². The molecule has 0 heterocycles. The number of benzene rings is 2. The molecule has 25 heavy (non-hydrogen) atoms. The fraction of sp³-hybridized carbons (Fsp3) is 0.300. The van der Waals surface area contributed by atoms with Crippen molar-refractivity contribution in [3.8, 4) is 5.75 Å². The molecule has 1 N–H and O–H groups in total. The molecule has 0 radical (unpaired) electrons. The van der Waals surface area contributed by atoms with E-state index in [1.54, 1.807) is 24.3 Å². The number of methoxy groups -OCH3 is 1. The smallest absolute Gasteiger partial charge is 0.339 e. The molecule has 132 valence electrons. The van der Waals surface area contributed by atoms with Gasteiger partial charge in [0.05, 0.1) is 18.4 Å². The second-order valence-corrected chi connectivity index (χ2v) is 6.65. The summed E-state index contributed by atoms with van der Waals surface area (Å²) >= 11 is 0. The van der Waals surface area contributed by atoms with E-state index < -0.39 is 5.97 Å². The predicted octanol–water partition coefficient (Wildman–Crippen LogP) is 3.79. The number of nitrogens with one attached hydrogen (secondary N) is 1. The lowest BCUT2D eigenvalue weighted by Gasteiger charge is -2.19. The Hall–Kier alpha value is -2.82. The number of esters is 1. The molecule has 1 amide bonds. The molecule has 0 atom stereocenters. The minimum absolute atomic E-state index is 0.00107. The van der Waals surface area contributed by atoms with Crippen LogP contribution in [0.2, 0.25) is 0 Å². The molecule has 0 aliphatic rings. The monoisotopic (exact) mass is 341 g/mol. The molecule has 0 fully saturated rings. The summed E-state index contributed by atoms with van der Waals surface area (Å²) in [5.74, 6) is -0.226. The van der Waals surface area contributed by atoms with E-state index in [-0.39, 0.29) is 17.9 Å². The molecule has 0 spiro atoms. The van der Waals surface area contributed by atoms with Gasteiger partial charge in [-0.25, -0.2) is 4.79 Å². The first-order valence-corrected chi connectivity index (χ1v) is 8.02.